The Bertz CT molecular complexity index is 345. The minimum absolute atomic E-state index is 0.0127. The van der Waals surface area contributed by atoms with E-state index in [0.717, 1.165) is 5.56 Å². The summed E-state index contributed by atoms with van der Waals surface area (Å²) in [7, 11) is 0. The first kappa shape index (κ1) is 10.8. The topological polar surface area (TPSA) is 17.1 Å². The van der Waals surface area contributed by atoms with Crippen molar-refractivity contribution in [3.05, 3.63) is 34.9 Å². The van der Waals surface area contributed by atoms with E-state index in [9.17, 15) is 13.6 Å². The molecule has 1 rings (SSSR count). The molecule has 76 valence electrons. The molecular weight excluding hydrogens is 186 g/mol. The van der Waals surface area contributed by atoms with Crippen molar-refractivity contribution in [1.82, 2.24) is 0 Å². The lowest BCUT2D eigenvalue weighted by Crippen LogP contribution is -1.98. The van der Waals surface area contributed by atoms with Gasteiger partial charge < -0.3 is 0 Å². The Morgan fingerprint density at radius 1 is 1.36 bits per heavy atom. The van der Waals surface area contributed by atoms with E-state index in [-0.39, 0.29) is 17.8 Å². The van der Waals surface area contributed by atoms with Crippen LogP contribution in [0.3, 0.4) is 0 Å². The van der Waals surface area contributed by atoms with Crippen LogP contribution in [0, 0.1) is 6.92 Å². The number of ketones is 1. The summed E-state index contributed by atoms with van der Waals surface area (Å²) in [6, 6.07) is 4.58. The number of halogens is 2. The molecule has 0 heterocycles. The molecular formula is C11H12F2O. The van der Waals surface area contributed by atoms with Gasteiger partial charge >= 0.3 is 0 Å². The number of Topliss-reactive ketones (excluding diaryl/α,β-unsaturated/α-hetero) is 1. The van der Waals surface area contributed by atoms with Crippen molar-refractivity contribution in [2.75, 3.05) is 0 Å². The van der Waals surface area contributed by atoms with Crippen LogP contribution in [0.2, 0.25) is 0 Å². The van der Waals surface area contributed by atoms with E-state index < -0.39 is 6.43 Å². The van der Waals surface area contributed by atoms with Gasteiger partial charge in [-0.1, -0.05) is 17.7 Å². The maximum Gasteiger partial charge on any atom is 0.263 e. The lowest BCUT2D eigenvalue weighted by molar-refractivity contribution is -0.116. The Labute approximate surface area is 81.7 Å². The van der Waals surface area contributed by atoms with E-state index in [0.29, 0.717) is 5.56 Å². The van der Waals surface area contributed by atoms with Gasteiger partial charge in [0, 0.05) is 12.0 Å². The van der Waals surface area contributed by atoms with E-state index in [4.69, 9.17) is 0 Å². The average Bonchev–Trinajstić information content (AvgIpc) is 2.01. The van der Waals surface area contributed by atoms with E-state index in [1.165, 1.54) is 19.1 Å². The van der Waals surface area contributed by atoms with Crippen LogP contribution < -0.4 is 0 Å². The van der Waals surface area contributed by atoms with Gasteiger partial charge in [-0.15, -0.1) is 0 Å². The SMILES string of the molecule is CC(=O)Cc1cc(C)cc(C(F)F)c1. The third-order valence-corrected chi connectivity index (χ3v) is 1.86. The van der Waals surface area contributed by atoms with Crippen molar-refractivity contribution in [3.63, 3.8) is 0 Å². The molecule has 0 saturated carbocycles. The van der Waals surface area contributed by atoms with Crippen molar-refractivity contribution in [1.29, 1.82) is 0 Å². The van der Waals surface area contributed by atoms with Crippen molar-refractivity contribution in [3.8, 4) is 0 Å². The summed E-state index contributed by atoms with van der Waals surface area (Å²) < 4.78 is 24.8. The molecule has 0 aliphatic rings. The highest BCUT2D eigenvalue weighted by Gasteiger charge is 2.09. The fourth-order valence-electron chi connectivity index (χ4n) is 1.41. The molecule has 0 unspecified atom stereocenters. The highest BCUT2D eigenvalue weighted by atomic mass is 19.3. The standard InChI is InChI=1S/C11H12F2O/c1-7-3-9(5-8(2)14)6-10(4-7)11(12)13/h3-4,6,11H,5H2,1-2H3. The number of carbonyl (C=O) groups excluding carboxylic acids is 1. The molecule has 1 aromatic carbocycles. The van der Waals surface area contributed by atoms with Crippen LogP contribution in [0.25, 0.3) is 0 Å². The average molecular weight is 198 g/mol. The van der Waals surface area contributed by atoms with E-state index in [2.05, 4.69) is 0 Å². The van der Waals surface area contributed by atoms with E-state index >= 15 is 0 Å². The third-order valence-electron chi connectivity index (χ3n) is 1.86. The van der Waals surface area contributed by atoms with Crippen LogP contribution >= 0.6 is 0 Å². The van der Waals surface area contributed by atoms with Gasteiger partial charge in [-0.2, -0.15) is 0 Å². The minimum Gasteiger partial charge on any atom is -0.300 e. The van der Waals surface area contributed by atoms with Gasteiger partial charge in [0.25, 0.3) is 6.43 Å². The quantitative estimate of drug-likeness (QED) is 0.729. The molecule has 1 aromatic rings. The number of hydrogen-bond acceptors (Lipinski definition) is 1. The number of benzene rings is 1. The smallest absolute Gasteiger partial charge is 0.263 e. The predicted molar refractivity (Wildman–Crippen MR) is 50.5 cm³/mol. The molecule has 0 N–H and O–H groups in total. The maximum absolute atomic E-state index is 12.4. The zero-order valence-corrected chi connectivity index (χ0v) is 8.18. The number of alkyl halides is 2. The zero-order chi connectivity index (χ0) is 10.7. The Balaban J connectivity index is 3.01. The maximum atomic E-state index is 12.4. The Morgan fingerprint density at radius 3 is 2.50 bits per heavy atom. The fourth-order valence-corrected chi connectivity index (χ4v) is 1.41. The molecule has 0 fully saturated rings. The van der Waals surface area contributed by atoms with Crippen LogP contribution in [-0.2, 0) is 11.2 Å². The summed E-state index contributed by atoms with van der Waals surface area (Å²) in [5.74, 6) is -0.0178. The summed E-state index contributed by atoms with van der Waals surface area (Å²) in [6.45, 7) is 3.19. The van der Waals surface area contributed by atoms with Gasteiger partial charge in [-0.05, 0) is 25.5 Å². The molecule has 3 heteroatoms. The molecule has 0 aromatic heterocycles. The second kappa shape index (κ2) is 4.31. The number of aryl methyl sites for hydroxylation is 1. The fraction of sp³-hybridized carbons (Fsp3) is 0.364. The van der Waals surface area contributed by atoms with Gasteiger partial charge in [0.2, 0.25) is 0 Å². The number of hydrogen-bond donors (Lipinski definition) is 0. The van der Waals surface area contributed by atoms with Crippen molar-refractivity contribution in [2.45, 2.75) is 26.7 Å². The lowest BCUT2D eigenvalue weighted by Gasteiger charge is -2.05. The second-order valence-corrected chi connectivity index (χ2v) is 3.43. The van der Waals surface area contributed by atoms with Crippen LogP contribution in [0.1, 0.15) is 30.0 Å². The molecule has 0 atom stereocenters. The summed E-state index contributed by atoms with van der Waals surface area (Å²) >= 11 is 0. The summed E-state index contributed by atoms with van der Waals surface area (Å²) in [5.41, 5.74) is 1.41. The summed E-state index contributed by atoms with van der Waals surface area (Å²) in [5, 5.41) is 0. The van der Waals surface area contributed by atoms with Gasteiger partial charge in [0.1, 0.15) is 5.78 Å². The van der Waals surface area contributed by atoms with E-state index in [1.807, 2.05) is 0 Å². The summed E-state index contributed by atoms with van der Waals surface area (Å²) in [4.78, 5) is 10.8. The molecule has 0 bridgehead atoms. The van der Waals surface area contributed by atoms with Crippen molar-refractivity contribution >= 4 is 5.78 Å². The Kier molecular flexibility index (Phi) is 3.33. The largest absolute Gasteiger partial charge is 0.300 e. The first-order valence-electron chi connectivity index (χ1n) is 4.37. The third kappa shape index (κ3) is 2.91. The van der Waals surface area contributed by atoms with Gasteiger partial charge in [0.05, 0.1) is 0 Å². The second-order valence-electron chi connectivity index (χ2n) is 3.43. The van der Waals surface area contributed by atoms with Crippen molar-refractivity contribution < 1.29 is 13.6 Å². The number of rotatable bonds is 3. The Hall–Kier alpha value is -1.25. The normalized spacial score (nSPS) is 10.6. The van der Waals surface area contributed by atoms with E-state index in [1.54, 1.807) is 13.0 Å². The molecule has 0 radical (unpaired) electrons. The van der Waals surface area contributed by atoms with Crippen LogP contribution in [0.5, 0.6) is 0 Å². The zero-order valence-electron chi connectivity index (χ0n) is 8.18. The molecule has 0 aliphatic heterocycles. The molecule has 0 aliphatic carbocycles. The predicted octanol–water partition coefficient (Wildman–Crippen LogP) is 3.06. The summed E-state index contributed by atoms with van der Waals surface area (Å²) in [6.07, 6.45) is -2.25. The van der Waals surface area contributed by atoms with Crippen molar-refractivity contribution in [2.24, 2.45) is 0 Å². The van der Waals surface area contributed by atoms with Gasteiger partial charge in [0.15, 0.2) is 0 Å². The number of carbonyl (C=O) groups is 1. The van der Waals surface area contributed by atoms with Crippen LogP contribution in [0.4, 0.5) is 8.78 Å². The van der Waals surface area contributed by atoms with Crippen LogP contribution in [-0.4, -0.2) is 5.78 Å². The molecule has 0 saturated heterocycles. The lowest BCUT2D eigenvalue weighted by atomic mass is 10.0. The van der Waals surface area contributed by atoms with Crippen LogP contribution in [0.15, 0.2) is 18.2 Å². The Morgan fingerprint density at radius 2 is 2.00 bits per heavy atom. The molecule has 0 spiro atoms. The molecule has 14 heavy (non-hydrogen) atoms. The molecule has 0 amide bonds. The molecule has 1 nitrogen and oxygen atoms in total. The van der Waals surface area contributed by atoms with Gasteiger partial charge in [-0.25, -0.2) is 8.78 Å². The first-order valence-corrected chi connectivity index (χ1v) is 4.37. The van der Waals surface area contributed by atoms with Gasteiger partial charge in [-0.3, -0.25) is 4.79 Å². The highest BCUT2D eigenvalue weighted by molar-refractivity contribution is 5.78. The first-order chi connectivity index (χ1) is 6.49. The minimum atomic E-state index is -2.47. The monoisotopic (exact) mass is 198 g/mol. The highest BCUT2D eigenvalue weighted by Crippen LogP contribution is 2.21.